The van der Waals surface area contributed by atoms with Gasteiger partial charge < -0.3 is 0 Å². The van der Waals surface area contributed by atoms with E-state index in [-0.39, 0.29) is 22.4 Å². The summed E-state index contributed by atoms with van der Waals surface area (Å²) < 4.78 is 45.8. The maximum absolute atomic E-state index is 15.4. The molecule has 7 rings (SSSR count). The number of nitro groups is 1. The minimum absolute atomic E-state index is 0.0855. The number of hydrogen-bond donors (Lipinski definition) is 0. The lowest BCUT2D eigenvalue weighted by molar-refractivity contribution is -0.385. The normalized spacial score (nSPS) is 32.0. The molecule has 1 spiro atoms. The molecule has 0 N–H and O–H groups in total. The smallest absolute Gasteiger partial charge is 0.274 e. The average molecular weight is 606 g/mol. The first-order valence-corrected chi connectivity index (χ1v) is 17.5. The van der Waals surface area contributed by atoms with E-state index in [1.54, 1.807) is 83.5 Å². The Bertz CT molecular complexity index is 1720. The molecule has 1 amide bonds. The predicted molar refractivity (Wildman–Crippen MR) is 159 cm³/mol. The van der Waals surface area contributed by atoms with Gasteiger partial charge in [-0.15, -0.1) is 0 Å². The summed E-state index contributed by atoms with van der Waals surface area (Å²) in [7, 11) is -7.71. The van der Waals surface area contributed by atoms with Crippen LogP contribution in [0.3, 0.4) is 0 Å². The zero-order valence-electron chi connectivity index (χ0n) is 23.4. The highest BCUT2D eigenvalue weighted by Crippen LogP contribution is 2.71. The maximum atomic E-state index is 15.4. The lowest BCUT2D eigenvalue weighted by Crippen LogP contribution is -2.46. The van der Waals surface area contributed by atoms with Gasteiger partial charge in [0.2, 0.25) is 17.3 Å². The van der Waals surface area contributed by atoms with E-state index in [1.165, 1.54) is 6.07 Å². The van der Waals surface area contributed by atoms with Crippen molar-refractivity contribution in [3.63, 3.8) is 0 Å². The van der Waals surface area contributed by atoms with Crippen LogP contribution in [0.15, 0.2) is 84.9 Å². The second-order valence-electron chi connectivity index (χ2n) is 12.6. The number of hydrogen-bond acceptors (Lipinski definition) is 6. The molecule has 9 nitrogen and oxygen atoms in total. The van der Waals surface area contributed by atoms with Crippen molar-refractivity contribution in [3.05, 3.63) is 101 Å². The number of nitrogens with zero attached hydrogens (tertiary/aromatic N) is 3. The van der Waals surface area contributed by atoms with E-state index in [2.05, 4.69) is 13.8 Å². The number of rotatable bonds is 6. The molecule has 3 aromatic rings. The molecule has 2 aliphatic heterocycles. The molecule has 2 saturated carbocycles. The molecule has 4 aliphatic rings. The molecule has 3 aromatic carbocycles. The molecule has 4 fully saturated rings. The Hall–Kier alpha value is -3.33. The first-order chi connectivity index (χ1) is 19.9. The number of para-hydroxylation sites is 1. The topological polar surface area (TPSA) is 118 Å². The molecular formula is C31H32N3O6PS. The van der Waals surface area contributed by atoms with Gasteiger partial charge in [-0.1, -0.05) is 68.4 Å². The van der Waals surface area contributed by atoms with Crippen molar-refractivity contribution >= 4 is 39.5 Å². The average Bonchev–Trinajstić information content (AvgIpc) is 3.56. The molecular weight excluding hydrogens is 573 g/mol. The number of carbonyl (C=O) groups excluding carboxylic acids is 1. The molecule has 2 aliphatic carbocycles. The van der Waals surface area contributed by atoms with E-state index < -0.39 is 51.7 Å². The van der Waals surface area contributed by atoms with Gasteiger partial charge in [0.15, 0.2) is 0 Å². The van der Waals surface area contributed by atoms with Crippen molar-refractivity contribution in [2.45, 2.75) is 51.2 Å². The van der Waals surface area contributed by atoms with Crippen LogP contribution >= 0.6 is 7.29 Å². The summed E-state index contributed by atoms with van der Waals surface area (Å²) in [5.41, 5.74) is -0.711. The summed E-state index contributed by atoms with van der Waals surface area (Å²) in [5, 5.41) is 13.1. The molecule has 0 aromatic heterocycles. The van der Waals surface area contributed by atoms with Crippen LogP contribution in [-0.2, 0) is 19.4 Å². The van der Waals surface area contributed by atoms with Crippen LogP contribution in [0.4, 0.5) is 5.69 Å². The monoisotopic (exact) mass is 605 g/mol. The number of fused-ring (bicyclic) bond motifs is 1. The maximum Gasteiger partial charge on any atom is 0.274 e. The fourth-order valence-corrected chi connectivity index (χ4v) is 14.1. The third-order valence-corrected chi connectivity index (χ3v) is 15.7. The quantitative estimate of drug-likeness (QED) is 0.174. The van der Waals surface area contributed by atoms with E-state index in [4.69, 9.17) is 0 Å². The SMILES string of the molecule is CC1(C)[C@H]2CC[C@@]13CS(=O)(=O)N(C(=O)[C@@H]1[C@H](c4ccccc4[N+](=O)[O-])N1P(=O)(c1ccccc1)c1ccccc1)[C@H]3C2. The predicted octanol–water partition coefficient (Wildman–Crippen LogP) is 4.62. The largest absolute Gasteiger partial charge is 0.296 e. The molecule has 2 saturated heterocycles. The van der Waals surface area contributed by atoms with E-state index >= 15 is 4.57 Å². The zero-order chi connectivity index (χ0) is 29.7. The fraction of sp³-hybridized carbons (Fsp3) is 0.387. The Morgan fingerprint density at radius 1 is 0.952 bits per heavy atom. The first kappa shape index (κ1) is 27.5. The van der Waals surface area contributed by atoms with E-state index in [9.17, 15) is 23.3 Å². The van der Waals surface area contributed by atoms with Gasteiger partial charge in [-0.3, -0.25) is 19.5 Å². The molecule has 2 bridgehead atoms. The van der Waals surface area contributed by atoms with Gasteiger partial charge >= 0.3 is 0 Å². The number of benzene rings is 3. The van der Waals surface area contributed by atoms with Crippen LogP contribution in [0.5, 0.6) is 0 Å². The fourth-order valence-electron chi connectivity index (χ4n) is 8.42. The summed E-state index contributed by atoms with van der Waals surface area (Å²) in [5.74, 6) is -0.414. The van der Waals surface area contributed by atoms with Crippen LogP contribution in [0, 0.1) is 26.9 Å². The molecule has 2 heterocycles. The Morgan fingerprint density at radius 3 is 2.10 bits per heavy atom. The second-order valence-corrected chi connectivity index (χ2v) is 17.1. The lowest BCUT2D eigenvalue weighted by Gasteiger charge is -2.37. The minimum atomic E-state index is -3.96. The summed E-state index contributed by atoms with van der Waals surface area (Å²) >= 11 is 0. The Labute approximate surface area is 245 Å². The molecule has 218 valence electrons. The molecule has 11 heteroatoms. The van der Waals surface area contributed by atoms with Gasteiger partial charge in [0.05, 0.1) is 22.8 Å². The number of nitro benzene ring substituents is 1. The number of sulfonamides is 1. The Kier molecular flexibility index (Phi) is 5.95. The van der Waals surface area contributed by atoms with Crippen molar-refractivity contribution in [2.75, 3.05) is 5.75 Å². The van der Waals surface area contributed by atoms with Crippen LogP contribution in [0.2, 0.25) is 0 Å². The van der Waals surface area contributed by atoms with Gasteiger partial charge in [0.1, 0.15) is 6.04 Å². The number of carbonyl (C=O) groups is 1. The summed E-state index contributed by atoms with van der Waals surface area (Å²) in [6.45, 7) is 4.24. The van der Waals surface area contributed by atoms with Crippen molar-refractivity contribution in [2.24, 2.45) is 16.7 Å². The third-order valence-electron chi connectivity index (χ3n) is 10.7. The van der Waals surface area contributed by atoms with Crippen LogP contribution in [0.25, 0.3) is 0 Å². The van der Waals surface area contributed by atoms with Gasteiger partial charge in [-0.25, -0.2) is 17.4 Å². The summed E-state index contributed by atoms with van der Waals surface area (Å²) in [6.07, 6.45) is 2.29. The molecule has 1 unspecified atom stereocenters. The Balaban J connectivity index is 1.40. The Morgan fingerprint density at radius 2 is 1.52 bits per heavy atom. The van der Waals surface area contributed by atoms with E-state index in [1.807, 2.05) is 0 Å². The minimum Gasteiger partial charge on any atom is -0.296 e. The van der Waals surface area contributed by atoms with E-state index in [0.717, 1.165) is 17.1 Å². The van der Waals surface area contributed by atoms with Crippen molar-refractivity contribution in [1.29, 1.82) is 0 Å². The van der Waals surface area contributed by atoms with Crippen molar-refractivity contribution < 1.29 is 22.7 Å². The highest BCUT2D eigenvalue weighted by atomic mass is 32.2. The van der Waals surface area contributed by atoms with Crippen LogP contribution in [-0.4, -0.2) is 46.1 Å². The highest BCUT2D eigenvalue weighted by molar-refractivity contribution is 7.90. The summed E-state index contributed by atoms with van der Waals surface area (Å²) in [6, 6.07) is 21.1. The van der Waals surface area contributed by atoms with Crippen LogP contribution in [0.1, 0.15) is 44.7 Å². The lowest BCUT2D eigenvalue weighted by atomic mass is 9.69. The van der Waals surface area contributed by atoms with E-state index in [0.29, 0.717) is 22.9 Å². The van der Waals surface area contributed by atoms with Gasteiger partial charge in [-0.2, -0.15) is 0 Å². The van der Waals surface area contributed by atoms with Crippen LogP contribution < -0.4 is 10.6 Å². The van der Waals surface area contributed by atoms with Crippen molar-refractivity contribution in [1.82, 2.24) is 8.98 Å². The van der Waals surface area contributed by atoms with Gasteiger partial charge in [0, 0.05) is 27.7 Å². The highest BCUT2D eigenvalue weighted by Gasteiger charge is 2.74. The van der Waals surface area contributed by atoms with Crippen molar-refractivity contribution in [3.8, 4) is 0 Å². The first-order valence-electron chi connectivity index (χ1n) is 14.2. The van der Waals surface area contributed by atoms with Gasteiger partial charge in [0.25, 0.3) is 11.6 Å². The standard InChI is InChI=1S/C31H32N3O6PS/c1-30(2)21-17-18-31(30)20-42(39,40)33(26(31)19-21)29(35)28-27(24-15-9-10-16-25(24)34(36)37)32(28)41(38,22-11-5-3-6-12-22)23-13-7-4-8-14-23/h3-16,21,26-28H,17-20H2,1-2H3/t21-,26-,27-,28-,31-,32?/m0/s1. The second kappa shape index (κ2) is 9.09. The molecule has 0 radical (unpaired) electrons. The zero-order valence-corrected chi connectivity index (χ0v) is 25.1. The molecule has 6 atom stereocenters. The number of amides is 1. The third kappa shape index (κ3) is 3.55. The summed E-state index contributed by atoms with van der Waals surface area (Å²) in [4.78, 5) is 26.3. The van der Waals surface area contributed by atoms with Gasteiger partial charge in [-0.05, 0) is 54.9 Å². The molecule has 42 heavy (non-hydrogen) atoms.